The lowest BCUT2D eigenvalue weighted by Gasteiger charge is -2.10. The molecule has 0 unspecified atom stereocenters. The molecule has 0 spiro atoms. The van der Waals surface area contributed by atoms with E-state index in [2.05, 4.69) is 16.0 Å². The number of hydrogen-bond donors (Lipinski definition) is 3. The third kappa shape index (κ3) is 8.85. The quantitative estimate of drug-likeness (QED) is 0.586. The number of rotatable bonds is 9. The lowest BCUT2D eigenvalue weighted by Crippen LogP contribution is -2.40. The van der Waals surface area contributed by atoms with Gasteiger partial charge in [0.2, 0.25) is 11.8 Å². The first-order valence-corrected chi connectivity index (χ1v) is 8.33. The van der Waals surface area contributed by atoms with Crippen LogP contribution in [0.1, 0.15) is 33.3 Å². The van der Waals surface area contributed by atoms with Gasteiger partial charge in [0.15, 0.2) is 0 Å². The summed E-state index contributed by atoms with van der Waals surface area (Å²) in [6.07, 6.45) is 0. The van der Waals surface area contributed by atoms with Gasteiger partial charge >= 0.3 is 5.97 Å². The Labute approximate surface area is 148 Å². The minimum absolute atomic E-state index is 0.0909. The first-order chi connectivity index (χ1) is 11.8. The van der Waals surface area contributed by atoms with E-state index in [1.807, 2.05) is 13.8 Å². The van der Waals surface area contributed by atoms with Crippen molar-refractivity contribution >= 4 is 23.5 Å². The van der Waals surface area contributed by atoms with Crippen molar-refractivity contribution in [3.63, 3.8) is 0 Å². The summed E-state index contributed by atoms with van der Waals surface area (Å²) in [7, 11) is 0. The summed E-state index contributed by atoms with van der Waals surface area (Å²) in [6.45, 7) is 7.71. The highest BCUT2D eigenvalue weighted by Crippen LogP contribution is 2.11. The fraction of sp³-hybridized carbons (Fsp3) is 0.500. The SMILES string of the molecule is CC(C)NCC(=O)NCC(=O)Nc1ccc(COC(=O)C(C)C)cc1. The predicted molar refractivity (Wildman–Crippen MR) is 95.9 cm³/mol. The maximum Gasteiger partial charge on any atom is 0.308 e. The Morgan fingerprint density at radius 3 is 2.16 bits per heavy atom. The molecule has 25 heavy (non-hydrogen) atoms. The monoisotopic (exact) mass is 349 g/mol. The van der Waals surface area contributed by atoms with Crippen molar-refractivity contribution in [2.75, 3.05) is 18.4 Å². The maximum absolute atomic E-state index is 11.8. The van der Waals surface area contributed by atoms with E-state index >= 15 is 0 Å². The Balaban J connectivity index is 2.35. The molecule has 1 aromatic rings. The Hall–Kier alpha value is -2.41. The fourth-order valence-electron chi connectivity index (χ4n) is 1.75. The van der Waals surface area contributed by atoms with Crippen LogP contribution in [-0.2, 0) is 25.7 Å². The lowest BCUT2D eigenvalue weighted by molar-refractivity contribution is -0.148. The van der Waals surface area contributed by atoms with Gasteiger partial charge in [0, 0.05) is 11.7 Å². The van der Waals surface area contributed by atoms with Gasteiger partial charge < -0.3 is 20.7 Å². The van der Waals surface area contributed by atoms with Crippen molar-refractivity contribution in [2.24, 2.45) is 5.92 Å². The van der Waals surface area contributed by atoms with Crippen molar-refractivity contribution in [1.82, 2.24) is 10.6 Å². The van der Waals surface area contributed by atoms with E-state index in [0.29, 0.717) is 5.69 Å². The highest BCUT2D eigenvalue weighted by molar-refractivity contribution is 5.94. The summed E-state index contributed by atoms with van der Waals surface area (Å²) in [6, 6.07) is 7.19. The van der Waals surface area contributed by atoms with Gasteiger partial charge in [-0.15, -0.1) is 0 Å². The predicted octanol–water partition coefficient (Wildman–Crippen LogP) is 1.44. The molecule has 0 aliphatic carbocycles. The van der Waals surface area contributed by atoms with E-state index in [4.69, 9.17) is 4.74 Å². The molecule has 7 nitrogen and oxygen atoms in total. The summed E-state index contributed by atoms with van der Waals surface area (Å²) in [4.78, 5) is 34.8. The van der Waals surface area contributed by atoms with E-state index in [1.54, 1.807) is 38.1 Å². The number of nitrogens with one attached hydrogen (secondary N) is 3. The van der Waals surface area contributed by atoms with Gasteiger partial charge in [0.1, 0.15) is 6.61 Å². The zero-order valence-corrected chi connectivity index (χ0v) is 15.2. The molecule has 0 aromatic heterocycles. The van der Waals surface area contributed by atoms with E-state index < -0.39 is 0 Å². The number of amides is 2. The van der Waals surface area contributed by atoms with Gasteiger partial charge in [-0.25, -0.2) is 0 Å². The first-order valence-electron chi connectivity index (χ1n) is 8.33. The largest absolute Gasteiger partial charge is 0.461 e. The summed E-state index contributed by atoms with van der Waals surface area (Å²) >= 11 is 0. The van der Waals surface area contributed by atoms with Crippen LogP contribution in [-0.4, -0.2) is 36.9 Å². The minimum Gasteiger partial charge on any atom is -0.461 e. The van der Waals surface area contributed by atoms with Crippen LogP contribution in [0.15, 0.2) is 24.3 Å². The van der Waals surface area contributed by atoms with Crippen LogP contribution in [0.25, 0.3) is 0 Å². The van der Waals surface area contributed by atoms with Crippen molar-refractivity contribution < 1.29 is 19.1 Å². The number of benzene rings is 1. The highest BCUT2D eigenvalue weighted by atomic mass is 16.5. The molecule has 1 rings (SSSR count). The van der Waals surface area contributed by atoms with Crippen LogP contribution in [0.4, 0.5) is 5.69 Å². The molecule has 0 atom stereocenters. The van der Waals surface area contributed by atoms with Crippen molar-refractivity contribution in [3.05, 3.63) is 29.8 Å². The standard InChI is InChI=1S/C18H27N3O4/c1-12(2)18(24)25-11-14-5-7-15(8-6-14)21-17(23)10-20-16(22)9-19-13(3)4/h5-8,12-13,19H,9-11H2,1-4H3,(H,20,22)(H,21,23). The molecule has 0 heterocycles. The van der Waals surface area contributed by atoms with E-state index in [9.17, 15) is 14.4 Å². The molecule has 3 N–H and O–H groups in total. The molecule has 7 heteroatoms. The zero-order valence-electron chi connectivity index (χ0n) is 15.2. The normalized spacial score (nSPS) is 10.6. The molecule has 0 aliphatic rings. The molecule has 0 aliphatic heterocycles. The summed E-state index contributed by atoms with van der Waals surface area (Å²) in [5.74, 6) is -0.951. The third-order valence-electron chi connectivity index (χ3n) is 3.21. The van der Waals surface area contributed by atoms with Gasteiger partial charge in [-0.1, -0.05) is 39.8 Å². The Kier molecular flexibility index (Phi) is 8.63. The number of carbonyl (C=O) groups excluding carboxylic acids is 3. The van der Waals surface area contributed by atoms with Crippen molar-refractivity contribution in [2.45, 2.75) is 40.3 Å². The second-order valence-corrected chi connectivity index (χ2v) is 6.32. The van der Waals surface area contributed by atoms with Gasteiger partial charge in [-0.3, -0.25) is 14.4 Å². The molecule has 1 aromatic carbocycles. The van der Waals surface area contributed by atoms with Crippen LogP contribution < -0.4 is 16.0 Å². The van der Waals surface area contributed by atoms with Crippen LogP contribution in [0.3, 0.4) is 0 Å². The van der Waals surface area contributed by atoms with Crippen molar-refractivity contribution in [3.8, 4) is 0 Å². The van der Waals surface area contributed by atoms with Gasteiger partial charge in [-0.05, 0) is 17.7 Å². The molecular formula is C18H27N3O4. The number of hydrogen-bond acceptors (Lipinski definition) is 5. The van der Waals surface area contributed by atoms with E-state index in [0.717, 1.165) is 5.56 Å². The van der Waals surface area contributed by atoms with E-state index in [1.165, 1.54) is 0 Å². The molecular weight excluding hydrogens is 322 g/mol. The molecule has 0 saturated heterocycles. The van der Waals surface area contributed by atoms with Crippen LogP contribution in [0, 0.1) is 5.92 Å². The average Bonchev–Trinajstić information content (AvgIpc) is 2.57. The molecule has 0 radical (unpaired) electrons. The summed E-state index contributed by atoms with van der Waals surface area (Å²) in [5, 5.41) is 8.20. The summed E-state index contributed by atoms with van der Waals surface area (Å²) in [5.41, 5.74) is 1.44. The van der Waals surface area contributed by atoms with Crippen LogP contribution >= 0.6 is 0 Å². The first kappa shape index (κ1) is 20.6. The Morgan fingerprint density at radius 2 is 1.60 bits per heavy atom. The van der Waals surface area contributed by atoms with Gasteiger partial charge in [0.25, 0.3) is 0 Å². The summed E-state index contributed by atoms with van der Waals surface area (Å²) < 4.78 is 5.14. The van der Waals surface area contributed by atoms with E-state index in [-0.39, 0.29) is 49.4 Å². The maximum atomic E-state index is 11.8. The third-order valence-corrected chi connectivity index (χ3v) is 3.21. The number of carbonyl (C=O) groups is 3. The Bertz CT molecular complexity index is 582. The number of anilines is 1. The average molecular weight is 349 g/mol. The van der Waals surface area contributed by atoms with Gasteiger partial charge in [0.05, 0.1) is 19.0 Å². The molecule has 0 saturated carbocycles. The highest BCUT2D eigenvalue weighted by Gasteiger charge is 2.09. The molecule has 0 fully saturated rings. The molecule has 2 amide bonds. The van der Waals surface area contributed by atoms with Gasteiger partial charge in [-0.2, -0.15) is 0 Å². The molecule has 0 bridgehead atoms. The zero-order chi connectivity index (χ0) is 18.8. The van der Waals surface area contributed by atoms with Crippen LogP contribution in [0.2, 0.25) is 0 Å². The van der Waals surface area contributed by atoms with Crippen molar-refractivity contribution in [1.29, 1.82) is 0 Å². The smallest absolute Gasteiger partial charge is 0.308 e. The Morgan fingerprint density at radius 1 is 0.960 bits per heavy atom. The second-order valence-electron chi connectivity index (χ2n) is 6.32. The molecule has 138 valence electrons. The minimum atomic E-state index is -0.308. The second kappa shape index (κ2) is 10.5. The number of esters is 1. The number of ether oxygens (including phenoxy) is 1. The van der Waals surface area contributed by atoms with Crippen LogP contribution in [0.5, 0.6) is 0 Å². The lowest BCUT2D eigenvalue weighted by atomic mass is 10.2. The fourth-order valence-corrected chi connectivity index (χ4v) is 1.75. The topological polar surface area (TPSA) is 96.5 Å².